The van der Waals surface area contributed by atoms with Crippen LogP contribution in [0.25, 0.3) is 0 Å². The van der Waals surface area contributed by atoms with Crippen molar-refractivity contribution in [2.75, 3.05) is 25.4 Å². The van der Waals surface area contributed by atoms with E-state index in [2.05, 4.69) is 11.6 Å². The molecule has 1 rings (SSSR count). The van der Waals surface area contributed by atoms with Gasteiger partial charge in [0.2, 0.25) is 5.91 Å². The van der Waals surface area contributed by atoms with E-state index in [1.165, 1.54) is 0 Å². The molecule has 0 unspecified atom stereocenters. The fourth-order valence-electron chi connectivity index (χ4n) is 1.40. The second kappa shape index (κ2) is 8.29. The van der Waals surface area contributed by atoms with Crippen molar-refractivity contribution in [3.05, 3.63) is 28.7 Å². The summed E-state index contributed by atoms with van der Waals surface area (Å²) in [4.78, 5) is 17.8. The van der Waals surface area contributed by atoms with E-state index in [4.69, 9.17) is 5.11 Å². The quantitative estimate of drug-likeness (QED) is 0.739. The third kappa shape index (κ3) is 5.20. The van der Waals surface area contributed by atoms with Crippen LogP contribution in [-0.2, 0) is 10.5 Å². The summed E-state index contributed by atoms with van der Waals surface area (Å²) >= 11 is 3.16. The molecule has 0 atom stereocenters. The highest BCUT2D eigenvalue weighted by Gasteiger charge is 2.11. The van der Waals surface area contributed by atoms with Crippen LogP contribution in [0.3, 0.4) is 0 Å². The lowest BCUT2D eigenvalue weighted by Gasteiger charge is -2.19. The van der Waals surface area contributed by atoms with Crippen molar-refractivity contribution in [3.8, 4) is 0 Å². The molecule has 0 aromatic carbocycles. The van der Waals surface area contributed by atoms with Gasteiger partial charge in [-0.3, -0.25) is 4.79 Å². The first kappa shape index (κ1) is 15.2. The van der Waals surface area contributed by atoms with Gasteiger partial charge in [-0.1, -0.05) is 6.08 Å². The third-order valence-electron chi connectivity index (χ3n) is 2.21. The van der Waals surface area contributed by atoms with E-state index in [0.29, 0.717) is 18.8 Å². The summed E-state index contributed by atoms with van der Waals surface area (Å²) in [6, 6.07) is 0. The van der Waals surface area contributed by atoms with Gasteiger partial charge in [0, 0.05) is 24.2 Å². The SMILES string of the molecule is C=CCN(CCO)C(=O)CSCc1csc(C)n1. The van der Waals surface area contributed by atoms with E-state index in [-0.39, 0.29) is 12.5 Å². The molecule has 1 aromatic rings. The van der Waals surface area contributed by atoms with Gasteiger partial charge in [-0.25, -0.2) is 4.98 Å². The van der Waals surface area contributed by atoms with Crippen molar-refractivity contribution >= 4 is 29.0 Å². The average molecular weight is 286 g/mol. The number of nitrogens with zero attached hydrogens (tertiary/aromatic N) is 2. The molecule has 1 amide bonds. The zero-order chi connectivity index (χ0) is 13.4. The molecule has 0 spiro atoms. The van der Waals surface area contributed by atoms with E-state index in [9.17, 15) is 4.79 Å². The van der Waals surface area contributed by atoms with Gasteiger partial charge in [0.15, 0.2) is 0 Å². The smallest absolute Gasteiger partial charge is 0.232 e. The maximum absolute atomic E-state index is 11.8. The lowest BCUT2D eigenvalue weighted by molar-refractivity contribution is -0.128. The fraction of sp³-hybridized carbons (Fsp3) is 0.500. The number of aromatic nitrogens is 1. The number of rotatable bonds is 8. The van der Waals surface area contributed by atoms with Crippen molar-refractivity contribution in [3.63, 3.8) is 0 Å². The number of thiazole rings is 1. The van der Waals surface area contributed by atoms with E-state index in [1.54, 1.807) is 34.1 Å². The Morgan fingerprint density at radius 1 is 1.72 bits per heavy atom. The van der Waals surface area contributed by atoms with Gasteiger partial charge >= 0.3 is 0 Å². The van der Waals surface area contributed by atoms with Crippen molar-refractivity contribution < 1.29 is 9.90 Å². The first-order valence-corrected chi connectivity index (χ1v) is 7.69. The van der Waals surface area contributed by atoms with Crippen molar-refractivity contribution in [1.29, 1.82) is 0 Å². The Balaban J connectivity index is 2.32. The molecule has 6 heteroatoms. The minimum Gasteiger partial charge on any atom is -0.395 e. The monoisotopic (exact) mass is 286 g/mol. The van der Waals surface area contributed by atoms with Crippen LogP contribution in [0.2, 0.25) is 0 Å². The summed E-state index contributed by atoms with van der Waals surface area (Å²) in [5.41, 5.74) is 1.02. The van der Waals surface area contributed by atoms with Crippen molar-refractivity contribution in [1.82, 2.24) is 9.88 Å². The Morgan fingerprint density at radius 3 is 3.06 bits per heavy atom. The Kier molecular flexibility index (Phi) is 7.00. The normalized spacial score (nSPS) is 10.3. The Hall–Kier alpha value is -0.850. The maximum Gasteiger partial charge on any atom is 0.232 e. The number of aliphatic hydroxyl groups excluding tert-OH is 1. The van der Waals surface area contributed by atoms with Crippen LogP contribution in [0.5, 0.6) is 0 Å². The molecule has 1 heterocycles. The van der Waals surface area contributed by atoms with Gasteiger partial charge in [-0.15, -0.1) is 29.7 Å². The lowest BCUT2D eigenvalue weighted by atomic mass is 10.4. The van der Waals surface area contributed by atoms with Gasteiger partial charge < -0.3 is 10.0 Å². The van der Waals surface area contributed by atoms with Crippen LogP contribution in [0.15, 0.2) is 18.0 Å². The minimum absolute atomic E-state index is 0.0183. The number of aliphatic hydroxyl groups is 1. The summed E-state index contributed by atoms with van der Waals surface area (Å²) in [5, 5.41) is 11.9. The lowest BCUT2D eigenvalue weighted by Crippen LogP contribution is -2.35. The number of hydrogen-bond acceptors (Lipinski definition) is 5. The first-order valence-electron chi connectivity index (χ1n) is 5.65. The standard InChI is InChI=1S/C12H18N2O2S2/c1-3-4-14(5-6-15)12(16)9-17-7-11-8-18-10(2)13-11/h3,8,15H,1,4-7,9H2,2H3. The molecular weight excluding hydrogens is 268 g/mol. The molecule has 0 aliphatic carbocycles. The summed E-state index contributed by atoms with van der Waals surface area (Å²) in [7, 11) is 0. The summed E-state index contributed by atoms with van der Waals surface area (Å²) in [6.07, 6.45) is 1.67. The zero-order valence-corrected chi connectivity index (χ0v) is 12.1. The van der Waals surface area contributed by atoms with Crippen LogP contribution in [-0.4, -0.2) is 46.3 Å². The maximum atomic E-state index is 11.8. The molecule has 4 nitrogen and oxygen atoms in total. The Bertz CT molecular complexity index is 393. The molecule has 0 fully saturated rings. The summed E-state index contributed by atoms with van der Waals surface area (Å²) in [6.45, 7) is 6.40. The van der Waals surface area contributed by atoms with Gasteiger partial charge in [0.25, 0.3) is 0 Å². The molecule has 0 aliphatic heterocycles. The molecule has 0 radical (unpaired) electrons. The summed E-state index contributed by atoms with van der Waals surface area (Å²) < 4.78 is 0. The predicted molar refractivity (Wildman–Crippen MR) is 76.9 cm³/mol. The van der Waals surface area contributed by atoms with E-state index < -0.39 is 0 Å². The largest absolute Gasteiger partial charge is 0.395 e. The predicted octanol–water partition coefficient (Wildman–Crippen LogP) is 1.69. The molecule has 18 heavy (non-hydrogen) atoms. The zero-order valence-electron chi connectivity index (χ0n) is 10.5. The number of amides is 1. The van der Waals surface area contributed by atoms with Crippen molar-refractivity contribution in [2.45, 2.75) is 12.7 Å². The van der Waals surface area contributed by atoms with Crippen LogP contribution < -0.4 is 0 Å². The van der Waals surface area contributed by atoms with Crippen LogP contribution in [0.4, 0.5) is 0 Å². The number of carbonyl (C=O) groups excluding carboxylic acids is 1. The number of thioether (sulfide) groups is 1. The summed E-state index contributed by atoms with van der Waals surface area (Å²) in [5.74, 6) is 1.18. The molecule has 0 saturated heterocycles. The van der Waals surface area contributed by atoms with Gasteiger partial charge in [0.1, 0.15) is 0 Å². The Morgan fingerprint density at radius 2 is 2.50 bits per heavy atom. The molecule has 100 valence electrons. The highest BCUT2D eigenvalue weighted by Crippen LogP contribution is 2.15. The molecule has 1 aromatic heterocycles. The average Bonchev–Trinajstić information content (AvgIpc) is 2.75. The Labute approximate surface area is 116 Å². The van der Waals surface area contributed by atoms with E-state index >= 15 is 0 Å². The first-order chi connectivity index (χ1) is 8.67. The fourth-order valence-corrected chi connectivity index (χ4v) is 2.94. The highest BCUT2D eigenvalue weighted by molar-refractivity contribution is 7.99. The second-order valence-corrected chi connectivity index (χ2v) is 5.75. The third-order valence-corrected chi connectivity index (χ3v) is 3.99. The molecule has 0 bridgehead atoms. The van der Waals surface area contributed by atoms with E-state index in [0.717, 1.165) is 16.5 Å². The van der Waals surface area contributed by atoms with Crippen molar-refractivity contribution in [2.24, 2.45) is 0 Å². The molecule has 0 aliphatic rings. The highest BCUT2D eigenvalue weighted by atomic mass is 32.2. The van der Waals surface area contributed by atoms with Gasteiger partial charge in [-0.05, 0) is 6.92 Å². The number of hydrogen-bond donors (Lipinski definition) is 1. The molecule has 1 N–H and O–H groups in total. The molecule has 0 saturated carbocycles. The molecular formula is C12H18N2O2S2. The van der Waals surface area contributed by atoms with Crippen LogP contribution in [0.1, 0.15) is 10.7 Å². The number of aryl methyl sites for hydroxylation is 1. The van der Waals surface area contributed by atoms with Crippen LogP contribution >= 0.6 is 23.1 Å². The van der Waals surface area contributed by atoms with Crippen LogP contribution in [0, 0.1) is 6.92 Å². The van der Waals surface area contributed by atoms with E-state index in [1.807, 2.05) is 12.3 Å². The second-order valence-electron chi connectivity index (χ2n) is 3.70. The topological polar surface area (TPSA) is 53.4 Å². The number of carbonyl (C=O) groups is 1. The van der Waals surface area contributed by atoms with Gasteiger partial charge in [-0.2, -0.15) is 0 Å². The van der Waals surface area contributed by atoms with Gasteiger partial charge in [0.05, 0.1) is 23.1 Å². The minimum atomic E-state index is -0.0183.